The molecule has 0 bridgehead atoms. The molecule has 21 heavy (non-hydrogen) atoms. The third kappa shape index (κ3) is 2.28. The number of fused-ring (bicyclic) bond motifs is 1. The second-order valence-electron chi connectivity index (χ2n) is 5.57. The van der Waals surface area contributed by atoms with E-state index in [2.05, 4.69) is 4.57 Å². The highest BCUT2D eigenvalue weighted by Gasteiger charge is 2.28. The molecule has 0 unspecified atom stereocenters. The van der Waals surface area contributed by atoms with Crippen LogP contribution in [0.1, 0.15) is 30.3 Å². The number of hydrogen-bond donors (Lipinski definition) is 1. The standard InChI is InChI=1S/C17H15ClN2O/c18-12-5-8-14-15(10-12)20(13-6-7-13)17(19-14)9-11-3-1-2-4-16(11)21/h1-5,8,10,13,21H,6-7,9H2. The fraction of sp³-hybridized carbons (Fsp3) is 0.235. The van der Waals surface area contributed by atoms with Gasteiger partial charge in [0.05, 0.1) is 11.0 Å². The Hall–Kier alpha value is -2.00. The number of phenolic OH excluding ortho intramolecular Hbond substituents is 1. The van der Waals surface area contributed by atoms with Crippen molar-refractivity contribution in [3.8, 4) is 5.75 Å². The molecule has 106 valence electrons. The fourth-order valence-electron chi connectivity index (χ4n) is 2.81. The Morgan fingerprint density at radius 3 is 2.76 bits per heavy atom. The second-order valence-corrected chi connectivity index (χ2v) is 6.00. The van der Waals surface area contributed by atoms with Gasteiger partial charge in [-0.15, -0.1) is 0 Å². The first-order valence-corrected chi connectivity index (χ1v) is 7.53. The normalized spacial score (nSPS) is 14.7. The molecule has 1 heterocycles. The van der Waals surface area contributed by atoms with Crippen molar-refractivity contribution < 1.29 is 5.11 Å². The summed E-state index contributed by atoms with van der Waals surface area (Å²) in [6.45, 7) is 0. The molecule has 1 aliphatic carbocycles. The Morgan fingerprint density at radius 1 is 1.19 bits per heavy atom. The fourth-order valence-corrected chi connectivity index (χ4v) is 2.98. The number of aromatic nitrogens is 2. The van der Waals surface area contributed by atoms with Crippen molar-refractivity contribution in [2.75, 3.05) is 0 Å². The molecule has 0 aliphatic heterocycles. The summed E-state index contributed by atoms with van der Waals surface area (Å²) in [5, 5.41) is 10.7. The Kier molecular flexibility index (Phi) is 2.89. The van der Waals surface area contributed by atoms with Gasteiger partial charge in [0.2, 0.25) is 0 Å². The molecule has 0 saturated heterocycles. The smallest absolute Gasteiger partial charge is 0.119 e. The van der Waals surface area contributed by atoms with Crippen LogP contribution in [-0.4, -0.2) is 14.7 Å². The van der Waals surface area contributed by atoms with E-state index in [4.69, 9.17) is 16.6 Å². The van der Waals surface area contributed by atoms with E-state index in [9.17, 15) is 5.11 Å². The first-order valence-electron chi connectivity index (χ1n) is 7.15. The zero-order chi connectivity index (χ0) is 14.4. The molecular formula is C17H15ClN2O. The topological polar surface area (TPSA) is 38.1 Å². The van der Waals surface area contributed by atoms with Gasteiger partial charge < -0.3 is 9.67 Å². The van der Waals surface area contributed by atoms with Gasteiger partial charge in [-0.2, -0.15) is 0 Å². The summed E-state index contributed by atoms with van der Waals surface area (Å²) in [5.74, 6) is 1.32. The molecule has 1 saturated carbocycles. The van der Waals surface area contributed by atoms with Gasteiger partial charge in [-0.3, -0.25) is 0 Å². The van der Waals surface area contributed by atoms with Crippen molar-refractivity contribution in [1.82, 2.24) is 9.55 Å². The van der Waals surface area contributed by atoms with Gasteiger partial charge in [-0.1, -0.05) is 29.8 Å². The lowest BCUT2D eigenvalue weighted by molar-refractivity contribution is 0.468. The van der Waals surface area contributed by atoms with Crippen molar-refractivity contribution >= 4 is 22.6 Å². The van der Waals surface area contributed by atoms with Crippen LogP contribution in [0.15, 0.2) is 42.5 Å². The summed E-state index contributed by atoms with van der Waals surface area (Å²) in [5.41, 5.74) is 2.97. The number of aromatic hydroxyl groups is 1. The van der Waals surface area contributed by atoms with Gasteiger partial charge in [0.15, 0.2) is 0 Å². The van der Waals surface area contributed by atoms with Crippen LogP contribution >= 0.6 is 11.6 Å². The Labute approximate surface area is 127 Å². The van der Waals surface area contributed by atoms with Crippen LogP contribution < -0.4 is 0 Å². The zero-order valence-electron chi connectivity index (χ0n) is 11.5. The number of hydrogen-bond acceptors (Lipinski definition) is 2. The maximum absolute atomic E-state index is 9.98. The number of halogens is 1. The average molecular weight is 299 g/mol. The van der Waals surface area contributed by atoms with Gasteiger partial charge in [-0.05, 0) is 37.1 Å². The molecule has 1 aliphatic rings. The molecule has 3 nitrogen and oxygen atoms in total. The first-order chi connectivity index (χ1) is 10.2. The van der Waals surface area contributed by atoms with Crippen molar-refractivity contribution in [2.24, 2.45) is 0 Å². The molecule has 2 aromatic carbocycles. The first kappa shape index (κ1) is 12.7. The summed E-state index contributed by atoms with van der Waals surface area (Å²) < 4.78 is 2.29. The zero-order valence-corrected chi connectivity index (χ0v) is 12.2. The van der Waals surface area contributed by atoms with Crippen molar-refractivity contribution in [3.63, 3.8) is 0 Å². The minimum atomic E-state index is 0.324. The minimum absolute atomic E-state index is 0.324. The molecule has 4 rings (SSSR count). The predicted molar refractivity (Wildman–Crippen MR) is 83.9 cm³/mol. The summed E-state index contributed by atoms with van der Waals surface area (Å²) in [6.07, 6.45) is 3.01. The Morgan fingerprint density at radius 2 is 2.00 bits per heavy atom. The molecule has 1 N–H and O–H groups in total. The summed E-state index contributed by atoms with van der Waals surface area (Å²) in [7, 11) is 0. The van der Waals surface area contributed by atoms with Crippen LogP contribution in [0.2, 0.25) is 5.02 Å². The van der Waals surface area contributed by atoms with E-state index in [1.165, 1.54) is 12.8 Å². The number of imidazole rings is 1. The molecule has 1 aromatic heterocycles. The van der Waals surface area contributed by atoms with Crippen LogP contribution in [0.25, 0.3) is 11.0 Å². The van der Waals surface area contributed by atoms with Crippen molar-refractivity contribution in [2.45, 2.75) is 25.3 Å². The second kappa shape index (κ2) is 4.78. The molecule has 0 radical (unpaired) electrons. The number of benzene rings is 2. The van der Waals surface area contributed by atoms with Gasteiger partial charge >= 0.3 is 0 Å². The minimum Gasteiger partial charge on any atom is -0.508 e. The third-order valence-corrected chi connectivity index (χ3v) is 4.21. The van der Waals surface area contributed by atoms with Crippen LogP contribution in [0.4, 0.5) is 0 Å². The molecule has 3 aromatic rings. The average Bonchev–Trinajstić information content (AvgIpc) is 3.24. The third-order valence-electron chi connectivity index (χ3n) is 3.98. The van der Waals surface area contributed by atoms with Crippen LogP contribution in [0, 0.1) is 0 Å². The highest BCUT2D eigenvalue weighted by atomic mass is 35.5. The van der Waals surface area contributed by atoms with Crippen molar-refractivity contribution in [1.29, 1.82) is 0 Å². The van der Waals surface area contributed by atoms with Gasteiger partial charge in [-0.25, -0.2) is 4.98 Å². The summed E-state index contributed by atoms with van der Waals surface area (Å²) in [6, 6.07) is 13.8. The van der Waals surface area contributed by atoms with Crippen molar-refractivity contribution in [3.05, 3.63) is 58.9 Å². The van der Waals surface area contributed by atoms with E-state index in [0.29, 0.717) is 18.2 Å². The van der Waals surface area contributed by atoms with Gasteiger partial charge in [0.25, 0.3) is 0 Å². The van der Waals surface area contributed by atoms with Crippen LogP contribution in [0.3, 0.4) is 0 Å². The predicted octanol–water partition coefficient (Wildman–Crippen LogP) is 4.32. The SMILES string of the molecule is Oc1ccccc1Cc1nc2ccc(Cl)cc2n1C1CC1. The number of phenols is 1. The summed E-state index contributed by atoms with van der Waals surface area (Å²) >= 11 is 6.13. The van der Waals surface area contributed by atoms with Crippen LogP contribution in [0.5, 0.6) is 5.75 Å². The quantitative estimate of drug-likeness (QED) is 0.782. The highest BCUT2D eigenvalue weighted by Crippen LogP contribution is 2.39. The lowest BCUT2D eigenvalue weighted by atomic mass is 10.1. The lowest BCUT2D eigenvalue weighted by Gasteiger charge is -2.08. The van der Waals surface area contributed by atoms with E-state index >= 15 is 0 Å². The van der Waals surface area contributed by atoms with Crippen LogP contribution in [-0.2, 0) is 6.42 Å². The number of rotatable bonds is 3. The van der Waals surface area contributed by atoms with Gasteiger partial charge in [0.1, 0.15) is 11.6 Å². The Bertz CT molecular complexity index is 821. The molecule has 0 atom stereocenters. The Balaban J connectivity index is 1.84. The number of para-hydroxylation sites is 1. The van der Waals surface area contributed by atoms with E-state index in [1.54, 1.807) is 6.07 Å². The molecule has 4 heteroatoms. The number of nitrogens with zero attached hydrogens (tertiary/aromatic N) is 2. The van der Waals surface area contributed by atoms with E-state index in [1.807, 2.05) is 36.4 Å². The molecule has 0 amide bonds. The monoisotopic (exact) mass is 298 g/mol. The van der Waals surface area contributed by atoms with Gasteiger partial charge in [0, 0.05) is 23.0 Å². The molecular weight excluding hydrogens is 284 g/mol. The van der Waals surface area contributed by atoms with E-state index in [-0.39, 0.29) is 0 Å². The largest absolute Gasteiger partial charge is 0.508 e. The highest BCUT2D eigenvalue weighted by molar-refractivity contribution is 6.31. The lowest BCUT2D eigenvalue weighted by Crippen LogP contribution is -2.02. The van der Waals surface area contributed by atoms with E-state index in [0.717, 1.165) is 27.4 Å². The van der Waals surface area contributed by atoms with E-state index < -0.39 is 0 Å². The molecule has 0 spiro atoms. The molecule has 1 fully saturated rings. The maximum atomic E-state index is 9.98. The summed E-state index contributed by atoms with van der Waals surface area (Å²) in [4.78, 5) is 4.74. The maximum Gasteiger partial charge on any atom is 0.119 e.